The van der Waals surface area contributed by atoms with Crippen LogP contribution in [0.5, 0.6) is 0 Å². The fourth-order valence-electron chi connectivity index (χ4n) is 0.929. The van der Waals surface area contributed by atoms with Crippen molar-refractivity contribution in [2.75, 3.05) is 0 Å². The number of nitro benzene ring substituents is 1. The number of nitrogens with zero attached hydrogens (tertiary/aromatic N) is 3. The molecule has 0 spiro atoms. The van der Waals surface area contributed by atoms with E-state index in [0.717, 1.165) is 12.4 Å². The lowest BCUT2D eigenvalue weighted by Gasteiger charge is -1.96. The van der Waals surface area contributed by atoms with Gasteiger partial charge in [-0.3, -0.25) is 10.1 Å². The fraction of sp³-hybridized carbons (Fsp3) is 0. The van der Waals surface area contributed by atoms with E-state index in [1.54, 1.807) is 6.07 Å². The summed E-state index contributed by atoms with van der Waals surface area (Å²) in [6, 6.07) is 5.77. The van der Waals surface area contributed by atoms with Crippen molar-refractivity contribution >= 4 is 17.7 Å². The van der Waals surface area contributed by atoms with Crippen LogP contribution < -0.4 is 5.73 Å². The summed E-state index contributed by atoms with van der Waals surface area (Å²) in [5.41, 5.74) is 5.14. The minimum Gasteiger partial charge on any atom is -0.390 e. The molecule has 0 aliphatic rings. The molecule has 0 fully saturated rings. The predicted molar refractivity (Wildman–Crippen MR) is 50.2 cm³/mol. The molecule has 1 rings (SSSR count). The highest BCUT2D eigenvalue weighted by atomic mass is 16.6. The maximum absolute atomic E-state index is 10.5. The lowest BCUT2D eigenvalue weighted by atomic mass is 10.2. The van der Waals surface area contributed by atoms with Gasteiger partial charge in [0.1, 0.15) is 5.69 Å². The normalized spacial score (nSPS) is 9.93. The minimum absolute atomic E-state index is 0.136. The first-order valence-electron chi connectivity index (χ1n) is 3.62. The zero-order chi connectivity index (χ0) is 10.6. The smallest absolute Gasteiger partial charge is 0.296 e. The molecule has 0 unspecified atom stereocenters. The van der Waals surface area contributed by atoms with Crippen molar-refractivity contribution in [3.05, 3.63) is 33.9 Å². The van der Waals surface area contributed by atoms with Gasteiger partial charge in [0.15, 0.2) is 0 Å². The number of hydrogen-bond acceptors (Lipinski definition) is 4. The van der Waals surface area contributed by atoms with Crippen molar-refractivity contribution in [1.29, 1.82) is 5.26 Å². The first-order chi connectivity index (χ1) is 6.69. The molecule has 0 heterocycles. The van der Waals surface area contributed by atoms with Crippen LogP contribution in [-0.2, 0) is 0 Å². The Hall–Kier alpha value is -2.42. The summed E-state index contributed by atoms with van der Waals surface area (Å²) in [6.07, 6.45) is 0.967. The summed E-state index contributed by atoms with van der Waals surface area (Å²) >= 11 is 0. The summed E-state index contributed by atoms with van der Waals surface area (Å²) in [5, 5.41) is 19.1. The second-order valence-electron chi connectivity index (χ2n) is 2.35. The summed E-state index contributed by atoms with van der Waals surface area (Å²) in [5.74, 6) is 0. The van der Waals surface area contributed by atoms with E-state index >= 15 is 0 Å². The zero-order valence-electron chi connectivity index (χ0n) is 7.04. The molecule has 0 saturated heterocycles. The van der Waals surface area contributed by atoms with Gasteiger partial charge >= 0.3 is 0 Å². The summed E-state index contributed by atoms with van der Waals surface area (Å²) in [6.45, 7) is 0. The number of nitriles is 1. The summed E-state index contributed by atoms with van der Waals surface area (Å²) < 4.78 is 0. The second kappa shape index (κ2) is 4.00. The summed E-state index contributed by atoms with van der Waals surface area (Å²) in [4.78, 5) is 13.5. The van der Waals surface area contributed by atoms with Crippen molar-refractivity contribution < 1.29 is 4.92 Å². The predicted octanol–water partition coefficient (Wildman–Crippen LogP) is 1.08. The average molecular weight is 190 g/mol. The standard InChI is InChI=1S/C8H6N4O2/c9-4-6-1-2-7(11-5-10)8(3-6)12(13)14/h1-3,5H,(H2,10,11). The van der Waals surface area contributed by atoms with Crippen molar-refractivity contribution in [2.24, 2.45) is 10.7 Å². The molecule has 0 amide bonds. The molecular formula is C8H6N4O2. The van der Waals surface area contributed by atoms with Crippen LogP contribution in [0, 0.1) is 21.4 Å². The van der Waals surface area contributed by atoms with Crippen LogP contribution in [0.2, 0.25) is 0 Å². The quantitative estimate of drug-likeness (QED) is 0.326. The third-order valence-electron chi connectivity index (χ3n) is 1.51. The number of rotatable bonds is 2. The first kappa shape index (κ1) is 9.67. The minimum atomic E-state index is -0.608. The van der Waals surface area contributed by atoms with Gasteiger partial charge < -0.3 is 5.73 Å². The first-order valence-corrected chi connectivity index (χ1v) is 3.62. The molecule has 70 valence electrons. The van der Waals surface area contributed by atoms with Crippen LogP contribution >= 0.6 is 0 Å². The molecule has 6 heteroatoms. The van der Waals surface area contributed by atoms with Crippen molar-refractivity contribution in [1.82, 2.24) is 0 Å². The Balaban J connectivity index is 3.32. The van der Waals surface area contributed by atoms with Gasteiger partial charge in [0.25, 0.3) is 5.69 Å². The lowest BCUT2D eigenvalue weighted by Crippen LogP contribution is -1.92. The monoisotopic (exact) mass is 190 g/mol. The molecule has 0 radical (unpaired) electrons. The van der Waals surface area contributed by atoms with Crippen LogP contribution in [0.1, 0.15) is 5.56 Å². The van der Waals surface area contributed by atoms with Gasteiger partial charge in [-0.1, -0.05) is 0 Å². The van der Waals surface area contributed by atoms with E-state index in [2.05, 4.69) is 4.99 Å². The largest absolute Gasteiger partial charge is 0.390 e. The number of aliphatic imine (C=N–C) groups is 1. The molecule has 1 aromatic carbocycles. The van der Waals surface area contributed by atoms with E-state index < -0.39 is 4.92 Å². The SMILES string of the molecule is N#Cc1ccc(N=CN)c([N+](=O)[O-])c1. The van der Waals surface area contributed by atoms with Crippen LogP contribution in [0.15, 0.2) is 23.2 Å². The highest BCUT2D eigenvalue weighted by Gasteiger charge is 2.13. The average Bonchev–Trinajstić information content (AvgIpc) is 2.18. The van der Waals surface area contributed by atoms with Crippen LogP contribution in [-0.4, -0.2) is 11.3 Å². The molecule has 1 aromatic rings. The number of nitro groups is 1. The third kappa shape index (κ3) is 1.84. The van der Waals surface area contributed by atoms with Gasteiger partial charge in [-0.2, -0.15) is 5.26 Å². The Labute approximate surface area is 79.4 Å². The highest BCUT2D eigenvalue weighted by Crippen LogP contribution is 2.27. The van der Waals surface area contributed by atoms with Gasteiger partial charge in [0.05, 0.1) is 22.9 Å². The molecule has 0 aliphatic carbocycles. The molecule has 2 N–H and O–H groups in total. The van der Waals surface area contributed by atoms with E-state index in [1.807, 2.05) is 0 Å². The molecule has 0 atom stereocenters. The van der Waals surface area contributed by atoms with Gasteiger partial charge in [0.2, 0.25) is 0 Å². The Morgan fingerprint density at radius 2 is 2.36 bits per heavy atom. The van der Waals surface area contributed by atoms with E-state index in [-0.39, 0.29) is 16.9 Å². The van der Waals surface area contributed by atoms with Crippen molar-refractivity contribution in [2.45, 2.75) is 0 Å². The number of benzene rings is 1. The lowest BCUT2D eigenvalue weighted by molar-refractivity contribution is -0.384. The van der Waals surface area contributed by atoms with Gasteiger partial charge in [0, 0.05) is 6.07 Å². The maximum atomic E-state index is 10.5. The number of hydrogen-bond donors (Lipinski definition) is 1. The Morgan fingerprint density at radius 3 is 2.86 bits per heavy atom. The Morgan fingerprint density at radius 1 is 1.64 bits per heavy atom. The van der Waals surface area contributed by atoms with Crippen LogP contribution in [0.25, 0.3) is 0 Å². The highest BCUT2D eigenvalue weighted by molar-refractivity contribution is 5.67. The van der Waals surface area contributed by atoms with Crippen LogP contribution in [0.3, 0.4) is 0 Å². The summed E-state index contributed by atoms with van der Waals surface area (Å²) in [7, 11) is 0. The molecular weight excluding hydrogens is 184 g/mol. The van der Waals surface area contributed by atoms with E-state index in [1.165, 1.54) is 12.1 Å². The van der Waals surface area contributed by atoms with E-state index in [9.17, 15) is 10.1 Å². The van der Waals surface area contributed by atoms with E-state index in [0.29, 0.717) is 0 Å². The van der Waals surface area contributed by atoms with Gasteiger partial charge in [-0.05, 0) is 12.1 Å². The molecule has 6 nitrogen and oxygen atoms in total. The second-order valence-corrected chi connectivity index (χ2v) is 2.35. The Bertz CT molecular complexity index is 433. The van der Waals surface area contributed by atoms with E-state index in [4.69, 9.17) is 11.0 Å². The molecule has 14 heavy (non-hydrogen) atoms. The molecule has 0 saturated carbocycles. The number of nitrogens with two attached hydrogens (primary N) is 1. The van der Waals surface area contributed by atoms with Crippen molar-refractivity contribution in [3.8, 4) is 6.07 Å². The Kier molecular flexibility index (Phi) is 2.76. The maximum Gasteiger partial charge on any atom is 0.296 e. The third-order valence-corrected chi connectivity index (χ3v) is 1.51. The van der Waals surface area contributed by atoms with Gasteiger partial charge in [-0.25, -0.2) is 4.99 Å². The zero-order valence-corrected chi connectivity index (χ0v) is 7.04. The fourth-order valence-corrected chi connectivity index (χ4v) is 0.929. The molecule has 0 aliphatic heterocycles. The molecule has 0 aromatic heterocycles. The van der Waals surface area contributed by atoms with Crippen LogP contribution in [0.4, 0.5) is 11.4 Å². The van der Waals surface area contributed by atoms with Gasteiger partial charge in [-0.15, -0.1) is 0 Å². The molecule has 0 bridgehead atoms. The van der Waals surface area contributed by atoms with Crippen molar-refractivity contribution in [3.63, 3.8) is 0 Å². The topological polar surface area (TPSA) is 105 Å².